The summed E-state index contributed by atoms with van der Waals surface area (Å²) >= 11 is 6.13. The topological polar surface area (TPSA) is 84.9 Å². The van der Waals surface area contributed by atoms with Crippen LogP contribution in [0.3, 0.4) is 0 Å². The summed E-state index contributed by atoms with van der Waals surface area (Å²) in [7, 11) is 1.22. The van der Waals surface area contributed by atoms with E-state index in [-0.39, 0.29) is 22.0 Å². The highest BCUT2D eigenvalue weighted by molar-refractivity contribution is 6.53. The number of ether oxygens (including phenoxy) is 2. The lowest BCUT2D eigenvalue weighted by Crippen LogP contribution is -2.33. The molecule has 0 spiro atoms. The lowest BCUT2D eigenvalue weighted by Gasteiger charge is -2.17. The number of para-hydroxylation sites is 1. The highest BCUT2D eigenvalue weighted by atomic mass is 35.5. The minimum atomic E-state index is -0.726. The van der Waals surface area contributed by atoms with E-state index in [1.807, 2.05) is 6.92 Å². The Labute approximate surface area is 166 Å². The van der Waals surface area contributed by atoms with Crippen molar-refractivity contribution in [2.45, 2.75) is 6.92 Å². The van der Waals surface area contributed by atoms with Gasteiger partial charge in [-0.2, -0.15) is 0 Å². The number of nitrogens with one attached hydrogen (secondary N) is 1. The molecule has 0 radical (unpaired) electrons. The van der Waals surface area contributed by atoms with Crippen LogP contribution in [0.2, 0.25) is 0 Å². The summed E-state index contributed by atoms with van der Waals surface area (Å²) in [4.78, 5) is 38.4. The van der Waals surface area contributed by atoms with Crippen LogP contribution < -0.4 is 15.0 Å². The van der Waals surface area contributed by atoms with Gasteiger partial charge in [0.1, 0.15) is 16.5 Å². The normalized spacial score (nSPS) is 13.8. The standard InChI is InChI=1S/C20H17ClN2O5/c1-3-28-13-10-8-12(9-11-13)22-17-16(21)18(24)23(19(17)25)15-7-5-4-6-14(15)20(26)27-2/h4-11,22H,3H2,1-2H3. The summed E-state index contributed by atoms with van der Waals surface area (Å²) in [5, 5.41) is 2.60. The molecule has 7 nitrogen and oxygen atoms in total. The summed E-state index contributed by atoms with van der Waals surface area (Å²) in [6, 6.07) is 13.0. The van der Waals surface area contributed by atoms with Gasteiger partial charge in [0, 0.05) is 5.69 Å². The van der Waals surface area contributed by atoms with Gasteiger partial charge in [0.25, 0.3) is 11.8 Å². The van der Waals surface area contributed by atoms with Crippen LogP contribution >= 0.6 is 11.6 Å². The van der Waals surface area contributed by atoms with E-state index < -0.39 is 17.8 Å². The zero-order valence-electron chi connectivity index (χ0n) is 15.2. The second kappa shape index (κ2) is 8.14. The molecule has 28 heavy (non-hydrogen) atoms. The maximum Gasteiger partial charge on any atom is 0.339 e. The second-order valence-electron chi connectivity index (χ2n) is 5.73. The Morgan fingerprint density at radius 2 is 1.75 bits per heavy atom. The van der Waals surface area contributed by atoms with Crippen LogP contribution in [0.5, 0.6) is 5.75 Å². The number of benzene rings is 2. The molecule has 1 aliphatic heterocycles. The second-order valence-corrected chi connectivity index (χ2v) is 6.10. The van der Waals surface area contributed by atoms with Gasteiger partial charge in [0.05, 0.1) is 25.0 Å². The van der Waals surface area contributed by atoms with Gasteiger partial charge < -0.3 is 14.8 Å². The first kappa shape index (κ1) is 19.4. The molecule has 0 unspecified atom stereocenters. The Hall–Kier alpha value is -3.32. The number of carbonyl (C=O) groups excluding carboxylic acids is 3. The third kappa shape index (κ3) is 3.57. The van der Waals surface area contributed by atoms with Crippen molar-refractivity contribution in [3.63, 3.8) is 0 Å². The minimum absolute atomic E-state index is 0.0736. The Bertz CT molecular complexity index is 969. The molecule has 0 saturated carbocycles. The molecule has 3 rings (SSSR count). The number of nitrogens with zero attached hydrogens (tertiary/aromatic N) is 1. The maximum absolute atomic E-state index is 12.9. The van der Waals surface area contributed by atoms with E-state index in [0.717, 1.165) is 4.90 Å². The molecule has 0 saturated heterocycles. The van der Waals surface area contributed by atoms with E-state index in [0.29, 0.717) is 18.0 Å². The van der Waals surface area contributed by atoms with Gasteiger partial charge in [-0.25, -0.2) is 9.69 Å². The van der Waals surface area contributed by atoms with Crippen molar-refractivity contribution in [3.8, 4) is 5.75 Å². The van der Waals surface area contributed by atoms with E-state index >= 15 is 0 Å². The van der Waals surface area contributed by atoms with Crippen molar-refractivity contribution in [2.24, 2.45) is 0 Å². The summed E-state index contributed by atoms with van der Waals surface area (Å²) in [6.45, 7) is 2.41. The maximum atomic E-state index is 12.9. The van der Waals surface area contributed by atoms with Crippen LogP contribution in [0.15, 0.2) is 59.3 Å². The third-order valence-electron chi connectivity index (χ3n) is 4.01. The molecular formula is C20H17ClN2O5. The first-order chi connectivity index (χ1) is 13.5. The van der Waals surface area contributed by atoms with Crippen molar-refractivity contribution in [2.75, 3.05) is 23.9 Å². The van der Waals surface area contributed by atoms with Crippen LogP contribution in [-0.2, 0) is 14.3 Å². The first-order valence-corrected chi connectivity index (χ1v) is 8.81. The number of imide groups is 1. The fraction of sp³-hybridized carbons (Fsp3) is 0.150. The van der Waals surface area contributed by atoms with Crippen molar-refractivity contribution in [1.82, 2.24) is 0 Å². The van der Waals surface area contributed by atoms with Gasteiger partial charge >= 0.3 is 5.97 Å². The zero-order valence-corrected chi connectivity index (χ0v) is 15.9. The number of anilines is 2. The average Bonchev–Trinajstić information content (AvgIpc) is 2.92. The number of halogens is 1. The van der Waals surface area contributed by atoms with Crippen LogP contribution in [0.25, 0.3) is 0 Å². The quantitative estimate of drug-likeness (QED) is 0.591. The van der Waals surface area contributed by atoms with E-state index in [1.54, 1.807) is 36.4 Å². The van der Waals surface area contributed by atoms with E-state index in [4.69, 9.17) is 21.1 Å². The Kier molecular flexibility index (Phi) is 5.65. The van der Waals surface area contributed by atoms with Gasteiger partial charge in [-0.15, -0.1) is 0 Å². The SMILES string of the molecule is CCOc1ccc(NC2=C(Cl)C(=O)N(c3ccccc3C(=O)OC)C2=O)cc1. The van der Waals surface area contributed by atoms with Gasteiger partial charge in [0.2, 0.25) is 0 Å². The fourth-order valence-electron chi connectivity index (χ4n) is 2.73. The zero-order chi connectivity index (χ0) is 20.3. The molecule has 2 aromatic rings. The molecule has 0 fully saturated rings. The molecule has 1 N–H and O–H groups in total. The molecule has 0 bridgehead atoms. The lowest BCUT2D eigenvalue weighted by molar-refractivity contribution is -0.120. The van der Waals surface area contributed by atoms with Crippen LogP contribution in [0.1, 0.15) is 17.3 Å². The molecule has 0 aromatic heterocycles. The summed E-state index contributed by atoms with van der Waals surface area (Å²) in [5.74, 6) is -1.38. The van der Waals surface area contributed by atoms with Crippen LogP contribution in [0, 0.1) is 0 Å². The van der Waals surface area contributed by atoms with Crippen LogP contribution in [0.4, 0.5) is 11.4 Å². The molecular weight excluding hydrogens is 384 g/mol. The lowest BCUT2D eigenvalue weighted by atomic mass is 10.1. The Morgan fingerprint density at radius 3 is 2.39 bits per heavy atom. The summed E-state index contributed by atoms with van der Waals surface area (Å²) in [6.07, 6.45) is 0. The monoisotopic (exact) mass is 400 g/mol. The number of hydrogen-bond donors (Lipinski definition) is 1. The Balaban J connectivity index is 1.90. The van der Waals surface area contributed by atoms with E-state index in [9.17, 15) is 14.4 Å². The van der Waals surface area contributed by atoms with Crippen molar-refractivity contribution < 1.29 is 23.9 Å². The van der Waals surface area contributed by atoms with Gasteiger partial charge in [-0.1, -0.05) is 23.7 Å². The summed E-state index contributed by atoms with van der Waals surface area (Å²) in [5.41, 5.74) is 0.667. The van der Waals surface area contributed by atoms with Gasteiger partial charge in [0.15, 0.2) is 0 Å². The largest absolute Gasteiger partial charge is 0.494 e. The predicted molar refractivity (Wildman–Crippen MR) is 104 cm³/mol. The molecule has 1 aliphatic rings. The first-order valence-electron chi connectivity index (χ1n) is 8.43. The average molecular weight is 401 g/mol. The Morgan fingerprint density at radius 1 is 1.07 bits per heavy atom. The molecule has 144 valence electrons. The minimum Gasteiger partial charge on any atom is -0.494 e. The third-order valence-corrected chi connectivity index (χ3v) is 4.36. The molecule has 1 heterocycles. The van der Waals surface area contributed by atoms with Crippen molar-refractivity contribution in [3.05, 3.63) is 64.8 Å². The predicted octanol–water partition coefficient (Wildman–Crippen LogP) is 3.31. The molecule has 8 heteroatoms. The van der Waals surface area contributed by atoms with E-state index in [2.05, 4.69) is 5.32 Å². The van der Waals surface area contributed by atoms with Gasteiger partial charge in [-0.3, -0.25) is 9.59 Å². The number of hydrogen-bond acceptors (Lipinski definition) is 6. The molecule has 2 aromatic carbocycles. The van der Waals surface area contributed by atoms with E-state index in [1.165, 1.54) is 19.2 Å². The number of methoxy groups -OCH3 is 1. The molecule has 0 aliphatic carbocycles. The fourth-order valence-corrected chi connectivity index (χ4v) is 2.94. The number of amides is 2. The number of esters is 1. The molecule has 0 atom stereocenters. The smallest absolute Gasteiger partial charge is 0.339 e. The van der Waals surface area contributed by atoms with Crippen molar-refractivity contribution >= 4 is 40.8 Å². The highest BCUT2D eigenvalue weighted by Gasteiger charge is 2.40. The van der Waals surface area contributed by atoms with Gasteiger partial charge in [-0.05, 0) is 43.3 Å². The number of rotatable bonds is 6. The highest BCUT2D eigenvalue weighted by Crippen LogP contribution is 2.32. The summed E-state index contributed by atoms with van der Waals surface area (Å²) < 4.78 is 10.1. The van der Waals surface area contributed by atoms with Crippen molar-refractivity contribution in [1.29, 1.82) is 0 Å². The number of carbonyl (C=O) groups is 3. The molecule has 2 amide bonds. The van der Waals surface area contributed by atoms with Crippen LogP contribution in [-0.4, -0.2) is 31.5 Å².